The van der Waals surface area contributed by atoms with Crippen molar-refractivity contribution in [2.45, 2.75) is 25.8 Å². The third-order valence-electron chi connectivity index (χ3n) is 1.39. The summed E-state index contributed by atoms with van der Waals surface area (Å²) in [7, 11) is 0.240. The molecule has 2 unspecified atom stereocenters. The van der Waals surface area contributed by atoms with E-state index >= 15 is 0 Å². The molecule has 4 heteroatoms. The summed E-state index contributed by atoms with van der Waals surface area (Å²) >= 11 is 0. The van der Waals surface area contributed by atoms with E-state index in [2.05, 4.69) is 0 Å². The Morgan fingerprint density at radius 1 is 1.55 bits per heavy atom. The van der Waals surface area contributed by atoms with Gasteiger partial charge < -0.3 is 10.5 Å². The molecule has 0 aliphatic heterocycles. The summed E-state index contributed by atoms with van der Waals surface area (Å²) in [6.45, 7) is 3.31. The minimum absolute atomic E-state index is 0.0613. The van der Waals surface area contributed by atoms with Gasteiger partial charge in [-0.1, -0.05) is 8.58 Å². The van der Waals surface area contributed by atoms with Crippen molar-refractivity contribution in [1.82, 2.24) is 0 Å². The molecule has 0 saturated heterocycles. The lowest BCUT2D eigenvalue weighted by Gasteiger charge is -2.06. The molecule has 2 N–H and O–H groups in total. The number of Topliss-reactive ketones (excluding diaryl/α,β-unsaturated/α-hetero) is 1. The Morgan fingerprint density at radius 3 is 2.45 bits per heavy atom. The van der Waals surface area contributed by atoms with E-state index in [1.807, 2.05) is 0 Å². The fourth-order valence-electron chi connectivity index (χ4n) is 0.675. The van der Waals surface area contributed by atoms with Crippen LogP contribution in [0, 0.1) is 0 Å². The Bertz CT molecular complexity index is 159. The molecule has 0 fully saturated rings. The predicted molar refractivity (Wildman–Crippen MR) is 47.1 cm³/mol. The molecule has 0 rings (SSSR count). The van der Waals surface area contributed by atoms with Gasteiger partial charge in [-0.2, -0.15) is 0 Å². The first-order valence-corrected chi connectivity index (χ1v) is 5.04. The Labute approximate surface area is 68.5 Å². The van der Waals surface area contributed by atoms with E-state index in [0.717, 1.165) is 0 Å². The zero-order chi connectivity index (χ0) is 8.85. The van der Waals surface area contributed by atoms with Crippen molar-refractivity contribution in [2.75, 3.05) is 6.66 Å². The second kappa shape index (κ2) is 5.39. The quantitative estimate of drug-likeness (QED) is 0.619. The fraction of sp³-hybridized carbons (Fsp3) is 0.714. The lowest BCUT2D eigenvalue weighted by atomic mass is 10.1. The maximum absolute atomic E-state index is 10.9. The molecule has 0 aliphatic rings. The normalized spacial score (nSPS) is 13.7. The summed E-state index contributed by atoms with van der Waals surface area (Å²) in [4.78, 5) is 21.4. The maximum Gasteiger partial charge on any atom is 0.167 e. The first kappa shape index (κ1) is 10.7. The first-order chi connectivity index (χ1) is 5.07. The lowest BCUT2D eigenvalue weighted by Crippen LogP contribution is -2.27. The van der Waals surface area contributed by atoms with Crippen molar-refractivity contribution in [3.05, 3.63) is 0 Å². The van der Waals surface area contributed by atoms with Gasteiger partial charge in [-0.15, -0.1) is 0 Å². The fourth-order valence-corrected chi connectivity index (χ4v) is 1.19. The first-order valence-electron chi connectivity index (χ1n) is 3.54. The number of ketones is 1. The number of hydrogen-bond acceptors (Lipinski definition) is 3. The second-order valence-electron chi connectivity index (χ2n) is 2.46. The monoisotopic (exact) mass is 175 g/mol. The number of rotatable bonds is 5. The summed E-state index contributed by atoms with van der Waals surface area (Å²) in [6.07, 6.45) is 0.909. The molecule has 0 saturated carbocycles. The summed E-state index contributed by atoms with van der Waals surface area (Å²) in [5.41, 5.74) is 5.54. The number of nitrogens with two attached hydrogens (primary N) is 1. The molecule has 0 heterocycles. The molecule has 0 spiro atoms. The average molecular weight is 175 g/mol. The van der Waals surface area contributed by atoms with Crippen LogP contribution in [-0.2, 0) is 9.59 Å². The Balaban J connectivity index is 3.60. The van der Waals surface area contributed by atoms with E-state index in [0.29, 0.717) is 12.8 Å². The van der Waals surface area contributed by atoms with Gasteiger partial charge in [0.2, 0.25) is 0 Å². The number of carbonyl (C=O) groups excluding carboxylic acids is 2. The van der Waals surface area contributed by atoms with E-state index in [9.17, 15) is 9.59 Å². The van der Waals surface area contributed by atoms with E-state index < -0.39 is 6.04 Å². The van der Waals surface area contributed by atoms with Gasteiger partial charge in [-0.3, -0.25) is 4.79 Å². The Morgan fingerprint density at radius 2 is 2.09 bits per heavy atom. The molecule has 0 aromatic carbocycles. The van der Waals surface area contributed by atoms with Crippen LogP contribution in [0.3, 0.4) is 0 Å². The standard InChI is InChI=1S/C7H14NO2P/c1-5(9)3-4-6(8)7(10)11-2/h6,11H,3-4,8H2,1-2H3. The van der Waals surface area contributed by atoms with Crippen molar-refractivity contribution in [3.8, 4) is 0 Å². The summed E-state index contributed by atoms with van der Waals surface area (Å²) in [5, 5.41) is 0. The highest BCUT2D eigenvalue weighted by Crippen LogP contribution is 2.09. The van der Waals surface area contributed by atoms with E-state index in [1.165, 1.54) is 6.92 Å². The van der Waals surface area contributed by atoms with Gasteiger partial charge in [0.05, 0.1) is 6.04 Å². The van der Waals surface area contributed by atoms with E-state index in [-0.39, 0.29) is 19.9 Å². The van der Waals surface area contributed by atoms with Gasteiger partial charge in [0.25, 0.3) is 0 Å². The summed E-state index contributed by atoms with van der Waals surface area (Å²) in [6, 6.07) is -0.428. The van der Waals surface area contributed by atoms with Gasteiger partial charge in [0, 0.05) is 6.42 Å². The zero-order valence-corrected chi connectivity index (χ0v) is 7.89. The number of hydrogen-bond donors (Lipinski definition) is 1. The van der Waals surface area contributed by atoms with Gasteiger partial charge >= 0.3 is 0 Å². The van der Waals surface area contributed by atoms with E-state index in [4.69, 9.17) is 5.73 Å². The van der Waals surface area contributed by atoms with Gasteiger partial charge in [0.1, 0.15) is 5.78 Å². The van der Waals surface area contributed by atoms with E-state index in [1.54, 1.807) is 6.66 Å². The highest BCUT2D eigenvalue weighted by Gasteiger charge is 2.11. The van der Waals surface area contributed by atoms with Crippen LogP contribution in [0.5, 0.6) is 0 Å². The minimum Gasteiger partial charge on any atom is -0.321 e. The summed E-state index contributed by atoms with van der Waals surface area (Å²) in [5.74, 6) is 0.0905. The highest BCUT2D eigenvalue weighted by atomic mass is 31.1. The van der Waals surface area contributed by atoms with Crippen molar-refractivity contribution in [2.24, 2.45) is 5.73 Å². The van der Waals surface area contributed by atoms with Gasteiger partial charge in [-0.05, 0) is 20.0 Å². The van der Waals surface area contributed by atoms with Crippen molar-refractivity contribution in [3.63, 3.8) is 0 Å². The van der Waals surface area contributed by atoms with Crippen molar-refractivity contribution < 1.29 is 9.59 Å². The molecule has 0 aliphatic carbocycles. The van der Waals surface area contributed by atoms with Crippen LogP contribution < -0.4 is 5.73 Å². The van der Waals surface area contributed by atoms with Gasteiger partial charge in [0.15, 0.2) is 5.52 Å². The van der Waals surface area contributed by atoms with Crippen LogP contribution in [-0.4, -0.2) is 24.0 Å². The molecule has 0 aromatic rings. The van der Waals surface area contributed by atoms with Gasteiger partial charge in [-0.25, -0.2) is 0 Å². The maximum atomic E-state index is 10.9. The SMILES string of the molecule is CPC(=O)C(N)CCC(C)=O. The third-order valence-corrected chi connectivity index (χ3v) is 2.25. The van der Waals surface area contributed by atoms with Crippen LogP contribution in [0.4, 0.5) is 0 Å². The van der Waals surface area contributed by atoms with Crippen LogP contribution >= 0.6 is 8.58 Å². The molecule has 2 atom stereocenters. The molecule has 11 heavy (non-hydrogen) atoms. The minimum atomic E-state index is -0.428. The highest BCUT2D eigenvalue weighted by molar-refractivity contribution is 7.57. The lowest BCUT2D eigenvalue weighted by molar-refractivity contribution is -0.117. The van der Waals surface area contributed by atoms with Crippen LogP contribution in [0.25, 0.3) is 0 Å². The molecular formula is C7H14NO2P. The molecule has 0 amide bonds. The molecule has 64 valence electrons. The zero-order valence-electron chi connectivity index (χ0n) is 6.89. The molecule has 0 aromatic heterocycles. The van der Waals surface area contributed by atoms with Crippen LogP contribution in [0.2, 0.25) is 0 Å². The Kier molecular flexibility index (Phi) is 5.26. The second-order valence-corrected chi connectivity index (χ2v) is 3.45. The summed E-state index contributed by atoms with van der Waals surface area (Å²) < 4.78 is 0. The largest absolute Gasteiger partial charge is 0.321 e. The smallest absolute Gasteiger partial charge is 0.167 e. The molecule has 3 nitrogen and oxygen atoms in total. The molecule has 0 bridgehead atoms. The average Bonchev–Trinajstić information content (AvgIpc) is 1.98. The molecular weight excluding hydrogens is 161 g/mol. The topological polar surface area (TPSA) is 60.2 Å². The van der Waals surface area contributed by atoms with Crippen molar-refractivity contribution >= 4 is 19.9 Å². The predicted octanol–water partition coefficient (Wildman–Crippen LogP) is 0.518. The van der Waals surface area contributed by atoms with Crippen LogP contribution in [0.1, 0.15) is 19.8 Å². The molecule has 0 radical (unpaired) electrons. The number of carbonyl (C=O) groups is 2. The van der Waals surface area contributed by atoms with Crippen LogP contribution in [0.15, 0.2) is 0 Å². The van der Waals surface area contributed by atoms with Crippen molar-refractivity contribution in [1.29, 1.82) is 0 Å². The third kappa shape index (κ3) is 5.05. The Hall–Kier alpha value is -0.270.